The highest BCUT2D eigenvalue weighted by Crippen LogP contribution is 2.69. The number of nitro benzene ring substituents is 1. The number of benzene rings is 2. The van der Waals surface area contributed by atoms with Crippen LogP contribution >= 0.6 is 11.8 Å². The Labute approximate surface area is 153 Å². The third kappa shape index (κ3) is 1.89. The predicted molar refractivity (Wildman–Crippen MR) is 96.8 cm³/mol. The van der Waals surface area contributed by atoms with Crippen molar-refractivity contribution in [2.75, 3.05) is 4.90 Å². The summed E-state index contributed by atoms with van der Waals surface area (Å²) in [6.45, 7) is 1.95. The van der Waals surface area contributed by atoms with Gasteiger partial charge >= 0.3 is 0 Å². The number of nitrogens with zero attached hydrogens (tertiary/aromatic N) is 2. The van der Waals surface area contributed by atoms with Crippen molar-refractivity contribution in [1.29, 1.82) is 0 Å². The Morgan fingerprint density at radius 2 is 1.58 bits per heavy atom. The summed E-state index contributed by atoms with van der Waals surface area (Å²) in [6, 6.07) is 12.1. The van der Waals surface area contributed by atoms with E-state index >= 15 is 0 Å². The largest absolute Gasteiger partial charge is 0.274 e. The lowest BCUT2D eigenvalue weighted by Gasteiger charge is -2.21. The summed E-state index contributed by atoms with van der Waals surface area (Å²) in [5.74, 6) is -1.17. The molecule has 0 saturated carbocycles. The maximum atomic E-state index is 13.1. The Morgan fingerprint density at radius 3 is 2.19 bits per heavy atom. The van der Waals surface area contributed by atoms with Gasteiger partial charge in [-0.05, 0) is 30.2 Å². The first-order chi connectivity index (χ1) is 12.5. The van der Waals surface area contributed by atoms with Crippen molar-refractivity contribution in [3.05, 3.63) is 69.3 Å². The number of nitro groups is 1. The van der Waals surface area contributed by atoms with Gasteiger partial charge in [-0.3, -0.25) is 19.7 Å². The molecule has 0 aromatic heterocycles. The monoisotopic (exact) mass is 366 g/mol. The molecule has 0 aliphatic carbocycles. The first kappa shape index (κ1) is 15.6. The van der Waals surface area contributed by atoms with Crippen LogP contribution in [0.1, 0.15) is 27.2 Å². The highest BCUT2D eigenvalue weighted by Gasteiger charge is 2.64. The molecule has 2 saturated heterocycles. The number of non-ortho nitro benzene ring substituents is 1. The van der Waals surface area contributed by atoms with Crippen LogP contribution in [-0.2, 0) is 9.59 Å². The standard InChI is InChI=1S/C19H14N2O4S/c1-9-2-4-10(5-3-9)20-18(22)14-15(19(20)23)17-13-8-11(21(24)25)6-7-12(13)16(14)26-17/h2-8,14-17H,1H3/t14-,15+,16+,17-/m1/s1. The van der Waals surface area contributed by atoms with Gasteiger partial charge in [-0.25, -0.2) is 4.90 Å². The van der Waals surface area contributed by atoms with Crippen LogP contribution in [0.2, 0.25) is 0 Å². The minimum Gasteiger partial charge on any atom is -0.274 e. The molecule has 3 aliphatic heterocycles. The van der Waals surface area contributed by atoms with Crippen molar-refractivity contribution in [2.45, 2.75) is 17.4 Å². The number of anilines is 1. The smallest absolute Gasteiger partial charge is 0.269 e. The van der Waals surface area contributed by atoms with Crippen LogP contribution in [0, 0.1) is 28.9 Å². The fourth-order valence-corrected chi connectivity index (χ4v) is 6.28. The van der Waals surface area contributed by atoms with Gasteiger partial charge in [0.2, 0.25) is 11.8 Å². The fraction of sp³-hybridized carbons (Fsp3) is 0.263. The van der Waals surface area contributed by atoms with E-state index in [1.54, 1.807) is 36.0 Å². The van der Waals surface area contributed by atoms with Crippen molar-refractivity contribution in [1.82, 2.24) is 0 Å². The Bertz CT molecular complexity index is 988. The minimum absolute atomic E-state index is 0.0283. The van der Waals surface area contributed by atoms with Crippen molar-refractivity contribution in [3.8, 4) is 0 Å². The summed E-state index contributed by atoms with van der Waals surface area (Å²) >= 11 is 1.59. The summed E-state index contributed by atoms with van der Waals surface area (Å²) in [6.07, 6.45) is 0. The highest BCUT2D eigenvalue weighted by atomic mass is 32.2. The van der Waals surface area contributed by atoms with Gasteiger partial charge in [0.05, 0.1) is 22.4 Å². The van der Waals surface area contributed by atoms with Crippen LogP contribution in [0.25, 0.3) is 0 Å². The van der Waals surface area contributed by atoms with Crippen LogP contribution in [0.3, 0.4) is 0 Å². The fourth-order valence-electron chi connectivity index (χ4n) is 4.34. The maximum Gasteiger partial charge on any atom is 0.269 e. The van der Waals surface area contributed by atoms with Gasteiger partial charge in [0.15, 0.2) is 0 Å². The number of aryl methyl sites for hydroxylation is 1. The predicted octanol–water partition coefficient (Wildman–Crippen LogP) is 3.55. The Morgan fingerprint density at radius 1 is 0.962 bits per heavy atom. The molecule has 0 N–H and O–H groups in total. The lowest BCUT2D eigenvalue weighted by atomic mass is 9.77. The molecule has 0 spiro atoms. The topological polar surface area (TPSA) is 80.5 Å². The molecule has 130 valence electrons. The van der Waals surface area contributed by atoms with Crippen molar-refractivity contribution >= 4 is 35.0 Å². The zero-order valence-corrected chi connectivity index (χ0v) is 14.6. The van der Waals surface area contributed by atoms with Gasteiger partial charge in [0, 0.05) is 22.6 Å². The van der Waals surface area contributed by atoms with Crippen LogP contribution in [0.15, 0.2) is 42.5 Å². The lowest BCUT2D eigenvalue weighted by Crippen LogP contribution is -2.31. The molecule has 0 radical (unpaired) electrons. The number of imide groups is 1. The van der Waals surface area contributed by atoms with Crippen LogP contribution in [0.4, 0.5) is 11.4 Å². The summed E-state index contributed by atoms with van der Waals surface area (Å²) in [5.41, 5.74) is 3.48. The quantitative estimate of drug-likeness (QED) is 0.461. The third-order valence-electron chi connectivity index (χ3n) is 5.53. The van der Waals surface area contributed by atoms with E-state index < -0.39 is 10.8 Å². The van der Waals surface area contributed by atoms with E-state index in [0.29, 0.717) is 5.69 Å². The van der Waals surface area contributed by atoms with Crippen LogP contribution in [-0.4, -0.2) is 16.7 Å². The Balaban J connectivity index is 1.57. The zero-order chi connectivity index (χ0) is 18.2. The summed E-state index contributed by atoms with van der Waals surface area (Å²) < 4.78 is 0. The number of carbonyl (C=O) groups excluding carboxylic acids is 2. The minimum atomic E-state index is -0.437. The van der Waals surface area contributed by atoms with E-state index in [9.17, 15) is 19.7 Å². The highest BCUT2D eigenvalue weighted by molar-refractivity contribution is 8.00. The first-order valence-corrected chi connectivity index (χ1v) is 9.30. The van der Waals surface area contributed by atoms with Gasteiger partial charge < -0.3 is 0 Å². The molecule has 6 nitrogen and oxygen atoms in total. The summed E-state index contributed by atoms with van der Waals surface area (Å²) in [4.78, 5) is 38.1. The molecule has 3 heterocycles. The Hall–Kier alpha value is -2.67. The number of carbonyl (C=O) groups is 2. The van der Waals surface area contributed by atoms with Gasteiger partial charge in [0.25, 0.3) is 5.69 Å². The average Bonchev–Trinajstić information content (AvgIpc) is 3.26. The van der Waals surface area contributed by atoms with Gasteiger partial charge in [-0.15, -0.1) is 11.8 Å². The number of thioether (sulfide) groups is 1. The molecule has 2 aromatic rings. The number of hydrogen-bond donors (Lipinski definition) is 0. The van der Waals surface area contributed by atoms with E-state index in [-0.39, 0.29) is 33.9 Å². The maximum absolute atomic E-state index is 13.1. The molecule has 4 atom stereocenters. The number of fused-ring (bicyclic) bond motifs is 8. The molecule has 2 fully saturated rings. The van der Waals surface area contributed by atoms with E-state index in [4.69, 9.17) is 0 Å². The van der Waals surface area contributed by atoms with Gasteiger partial charge in [-0.2, -0.15) is 0 Å². The lowest BCUT2D eigenvalue weighted by molar-refractivity contribution is -0.384. The third-order valence-corrected chi connectivity index (χ3v) is 7.21. The normalized spacial score (nSPS) is 28.4. The van der Waals surface area contributed by atoms with Crippen molar-refractivity contribution in [3.63, 3.8) is 0 Å². The molecule has 5 rings (SSSR count). The van der Waals surface area contributed by atoms with Gasteiger partial charge in [0.1, 0.15) is 0 Å². The van der Waals surface area contributed by atoms with E-state index in [1.807, 2.05) is 19.1 Å². The van der Waals surface area contributed by atoms with Crippen LogP contribution in [0.5, 0.6) is 0 Å². The number of amides is 2. The molecule has 26 heavy (non-hydrogen) atoms. The average molecular weight is 366 g/mol. The molecule has 3 aliphatic rings. The van der Waals surface area contributed by atoms with E-state index in [1.165, 1.54) is 11.0 Å². The van der Waals surface area contributed by atoms with E-state index in [2.05, 4.69) is 0 Å². The number of rotatable bonds is 2. The van der Waals surface area contributed by atoms with Crippen molar-refractivity contribution in [2.24, 2.45) is 11.8 Å². The molecule has 7 heteroatoms. The Kier molecular flexibility index (Phi) is 3.10. The van der Waals surface area contributed by atoms with Gasteiger partial charge in [-0.1, -0.05) is 23.8 Å². The molecular formula is C19H14N2O4S. The number of hydrogen-bond acceptors (Lipinski definition) is 5. The molecule has 2 aromatic carbocycles. The second-order valence-electron chi connectivity index (χ2n) is 6.95. The summed E-state index contributed by atoms with van der Waals surface area (Å²) in [5, 5.41) is 10.8. The second-order valence-corrected chi connectivity index (χ2v) is 8.23. The van der Waals surface area contributed by atoms with E-state index in [0.717, 1.165) is 16.7 Å². The summed E-state index contributed by atoms with van der Waals surface area (Å²) in [7, 11) is 0. The molecule has 2 amide bonds. The molecular weight excluding hydrogens is 352 g/mol. The molecule has 2 bridgehead atoms. The SMILES string of the molecule is Cc1ccc(N2C(=O)[C@@H]3[C@H](C2=O)[C@@H]2S[C@H]3c3ccc([N+](=O)[O-])cc32)cc1. The zero-order valence-electron chi connectivity index (χ0n) is 13.8. The second kappa shape index (κ2) is 5.17. The molecule has 0 unspecified atom stereocenters. The first-order valence-electron chi connectivity index (χ1n) is 8.35. The van der Waals surface area contributed by atoms with Crippen molar-refractivity contribution < 1.29 is 14.5 Å². The van der Waals surface area contributed by atoms with Crippen LogP contribution < -0.4 is 4.90 Å².